The molecule has 0 spiro atoms. The number of aromatic amines is 1. The number of fused-ring (bicyclic) bond motifs is 3. The highest BCUT2D eigenvalue weighted by Gasteiger charge is 2.30. The molecule has 1 aliphatic carbocycles. The van der Waals surface area contributed by atoms with Crippen molar-refractivity contribution in [1.82, 2.24) is 24.7 Å². The summed E-state index contributed by atoms with van der Waals surface area (Å²) in [6.07, 6.45) is 2.47. The highest BCUT2D eigenvalue weighted by Crippen LogP contribution is 2.35. The average molecular weight is 420 g/mol. The molecule has 0 saturated heterocycles. The van der Waals surface area contributed by atoms with Crippen LogP contribution in [0, 0.1) is 13.8 Å². The maximum atomic E-state index is 13.3. The van der Waals surface area contributed by atoms with Crippen molar-refractivity contribution in [3.63, 3.8) is 0 Å². The van der Waals surface area contributed by atoms with Gasteiger partial charge in [-0.1, -0.05) is 23.7 Å². The Morgan fingerprint density at radius 1 is 1.10 bits per heavy atom. The fourth-order valence-electron chi connectivity index (χ4n) is 4.18. The molecule has 0 bridgehead atoms. The minimum atomic E-state index is -0.307. The fraction of sp³-hybridized carbons (Fsp3) is 0.227. The third-order valence-corrected chi connectivity index (χ3v) is 5.73. The Morgan fingerprint density at radius 2 is 1.87 bits per heavy atom. The summed E-state index contributed by atoms with van der Waals surface area (Å²) in [7, 11) is 0. The van der Waals surface area contributed by atoms with Gasteiger partial charge >= 0.3 is 0 Å². The van der Waals surface area contributed by atoms with Gasteiger partial charge in [0, 0.05) is 34.6 Å². The number of rotatable bonds is 2. The number of aryl methyl sites for hydroxylation is 2. The van der Waals surface area contributed by atoms with Gasteiger partial charge < -0.3 is 0 Å². The molecule has 0 saturated carbocycles. The SMILES string of the molecule is Cc1cc(C)nc(-n2[nH]c3ncc4c(c3c2=O)C[C@H](c2cccc(Cl)c2)CC4=O)n1. The molecule has 3 aromatic heterocycles. The van der Waals surface area contributed by atoms with Gasteiger partial charge in [0.25, 0.3) is 11.5 Å². The van der Waals surface area contributed by atoms with E-state index in [-0.39, 0.29) is 23.2 Å². The summed E-state index contributed by atoms with van der Waals surface area (Å²) >= 11 is 6.15. The van der Waals surface area contributed by atoms with Crippen LogP contribution in [0.1, 0.15) is 45.2 Å². The van der Waals surface area contributed by atoms with Gasteiger partial charge in [-0.15, -0.1) is 0 Å². The van der Waals surface area contributed by atoms with E-state index in [0.29, 0.717) is 40.0 Å². The van der Waals surface area contributed by atoms with Crippen LogP contribution in [0.2, 0.25) is 5.02 Å². The molecule has 150 valence electrons. The summed E-state index contributed by atoms with van der Waals surface area (Å²) in [5.74, 6) is 0.192. The van der Waals surface area contributed by atoms with E-state index in [4.69, 9.17) is 11.6 Å². The van der Waals surface area contributed by atoms with Crippen molar-refractivity contribution in [3.05, 3.63) is 80.0 Å². The van der Waals surface area contributed by atoms with Crippen molar-refractivity contribution in [1.29, 1.82) is 0 Å². The number of pyridine rings is 1. The van der Waals surface area contributed by atoms with Gasteiger partial charge in [0.2, 0.25) is 0 Å². The molecule has 0 unspecified atom stereocenters. The molecule has 0 fully saturated rings. The fourth-order valence-corrected chi connectivity index (χ4v) is 4.38. The number of carbonyl (C=O) groups excluding carboxylic acids is 1. The maximum Gasteiger partial charge on any atom is 0.283 e. The van der Waals surface area contributed by atoms with Crippen molar-refractivity contribution < 1.29 is 4.79 Å². The third kappa shape index (κ3) is 3.02. The van der Waals surface area contributed by atoms with Crippen LogP contribution in [0.5, 0.6) is 0 Å². The van der Waals surface area contributed by atoms with E-state index in [1.54, 1.807) is 12.3 Å². The van der Waals surface area contributed by atoms with Crippen molar-refractivity contribution >= 4 is 28.4 Å². The molecule has 0 aliphatic heterocycles. The van der Waals surface area contributed by atoms with Crippen LogP contribution in [-0.4, -0.2) is 30.5 Å². The van der Waals surface area contributed by atoms with Crippen LogP contribution in [0.4, 0.5) is 0 Å². The minimum absolute atomic E-state index is 0.0228. The van der Waals surface area contributed by atoms with Gasteiger partial charge in [0.15, 0.2) is 11.4 Å². The first-order chi connectivity index (χ1) is 14.4. The Balaban J connectivity index is 1.68. The number of Topliss-reactive ketones (excluding diaryl/α,β-unsaturated/α-hetero) is 1. The van der Waals surface area contributed by atoms with E-state index >= 15 is 0 Å². The number of carbonyl (C=O) groups is 1. The number of hydrogen-bond donors (Lipinski definition) is 1. The maximum absolute atomic E-state index is 13.3. The van der Waals surface area contributed by atoms with Crippen LogP contribution >= 0.6 is 11.6 Å². The van der Waals surface area contributed by atoms with Crippen molar-refractivity contribution in [2.24, 2.45) is 0 Å². The predicted octanol–water partition coefficient (Wildman–Crippen LogP) is 3.69. The molecular formula is C22H18ClN5O2. The molecule has 0 radical (unpaired) electrons. The molecule has 30 heavy (non-hydrogen) atoms. The number of nitrogens with zero attached hydrogens (tertiary/aromatic N) is 4. The summed E-state index contributed by atoms with van der Waals surface area (Å²) in [5.41, 5.74) is 3.83. The van der Waals surface area contributed by atoms with E-state index in [0.717, 1.165) is 17.0 Å². The van der Waals surface area contributed by atoms with Gasteiger partial charge in [-0.05, 0) is 55.5 Å². The second-order valence-corrected chi connectivity index (χ2v) is 8.10. The lowest BCUT2D eigenvalue weighted by Gasteiger charge is -2.24. The lowest BCUT2D eigenvalue weighted by Crippen LogP contribution is -2.22. The van der Waals surface area contributed by atoms with E-state index in [1.807, 2.05) is 38.1 Å². The largest absolute Gasteiger partial charge is 0.294 e. The highest BCUT2D eigenvalue weighted by molar-refractivity contribution is 6.30. The molecule has 1 N–H and O–H groups in total. The summed E-state index contributed by atoms with van der Waals surface area (Å²) in [6.45, 7) is 3.69. The van der Waals surface area contributed by atoms with E-state index in [9.17, 15) is 9.59 Å². The number of halogens is 1. The molecule has 8 heteroatoms. The molecule has 5 rings (SSSR count). The summed E-state index contributed by atoms with van der Waals surface area (Å²) in [5, 5.41) is 4.04. The number of aromatic nitrogens is 5. The molecule has 1 atom stereocenters. The number of hydrogen-bond acceptors (Lipinski definition) is 5. The first-order valence-electron chi connectivity index (χ1n) is 9.64. The summed E-state index contributed by atoms with van der Waals surface area (Å²) in [4.78, 5) is 39.2. The first-order valence-corrected chi connectivity index (χ1v) is 10.0. The number of nitrogens with one attached hydrogen (secondary N) is 1. The number of benzene rings is 1. The lowest BCUT2D eigenvalue weighted by atomic mass is 9.79. The summed E-state index contributed by atoms with van der Waals surface area (Å²) < 4.78 is 1.30. The van der Waals surface area contributed by atoms with Gasteiger partial charge in [0.05, 0.1) is 5.39 Å². The van der Waals surface area contributed by atoms with Gasteiger partial charge in [-0.3, -0.25) is 14.7 Å². The van der Waals surface area contributed by atoms with Crippen LogP contribution in [0.15, 0.2) is 41.3 Å². The zero-order valence-corrected chi connectivity index (χ0v) is 17.2. The Bertz CT molecular complexity index is 1370. The van der Waals surface area contributed by atoms with Crippen molar-refractivity contribution in [3.8, 4) is 5.95 Å². The zero-order valence-electron chi connectivity index (χ0n) is 16.4. The smallest absolute Gasteiger partial charge is 0.283 e. The van der Waals surface area contributed by atoms with Gasteiger partial charge in [-0.25, -0.2) is 15.0 Å². The molecular weight excluding hydrogens is 402 g/mol. The normalized spacial score (nSPS) is 16.1. The quantitative estimate of drug-likeness (QED) is 0.534. The third-order valence-electron chi connectivity index (χ3n) is 5.49. The average Bonchev–Trinajstić information content (AvgIpc) is 3.04. The zero-order chi connectivity index (χ0) is 21.0. The predicted molar refractivity (Wildman–Crippen MR) is 114 cm³/mol. The second-order valence-electron chi connectivity index (χ2n) is 7.66. The second kappa shape index (κ2) is 6.88. The van der Waals surface area contributed by atoms with Crippen molar-refractivity contribution in [2.45, 2.75) is 32.6 Å². The van der Waals surface area contributed by atoms with E-state index in [2.05, 4.69) is 20.1 Å². The van der Waals surface area contributed by atoms with Gasteiger partial charge in [-0.2, -0.15) is 4.68 Å². The van der Waals surface area contributed by atoms with Crippen LogP contribution in [0.3, 0.4) is 0 Å². The molecule has 0 amide bonds. The van der Waals surface area contributed by atoms with Crippen molar-refractivity contribution in [2.75, 3.05) is 0 Å². The Hall–Kier alpha value is -3.32. The van der Waals surface area contributed by atoms with Gasteiger partial charge in [0.1, 0.15) is 0 Å². The Kier molecular flexibility index (Phi) is 4.29. The number of ketones is 1. The topological polar surface area (TPSA) is 93.5 Å². The molecule has 1 aromatic carbocycles. The Labute approximate surface area is 176 Å². The van der Waals surface area contributed by atoms with Crippen LogP contribution in [0.25, 0.3) is 17.0 Å². The highest BCUT2D eigenvalue weighted by atomic mass is 35.5. The molecule has 1 aliphatic rings. The number of H-pyrrole nitrogens is 1. The summed E-state index contributed by atoms with van der Waals surface area (Å²) in [6, 6.07) is 9.36. The van der Waals surface area contributed by atoms with Crippen LogP contribution in [-0.2, 0) is 6.42 Å². The minimum Gasteiger partial charge on any atom is -0.294 e. The standard InChI is InChI=1S/C22H18ClN5O2/c1-11-6-12(2)26-22(25-11)28-21(30)19-16-8-14(13-4-3-5-15(23)7-13)9-18(29)17(16)10-24-20(19)27-28/h3-7,10,14H,8-9H2,1-2H3,(H,24,27)/t14-/m0/s1. The van der Waals surface area contributed by atoms with E-state index < -0.39 is 0 Å². The first kappa shape index (κ1) is 18.7. The molecule has 4 aromatic rings. The lowest BCUT2D eigenvalue weighted by molar-refractivity contribution is 0.0964. The van der Waals surface area contributed by atoms with Crippen LogP contribution < -0.4 is 5.56 Å². The Morgan fingerprint density at radius 3 is 2.60 bits per heavy atom. The molecule has 3 heterocycles. The molecule has 7 nitrogen and oxygen atoms in total. The monoisotopic (exact) mass is 419 g/mol. The van der Waals surface area contributed by atoms with E-state index in [1.165, 1.54) is 4.68 Å².